The molecule has 0 aliphatic heterocycles. The van der Waals surface area contributed by atoms with E-state index in [1.165, 1.54) is 18.1 Å². The van der Waals surface area contributed by atoms with E-state index in [2.05, 4.69) is 32.5 Å². The highest BCUT2D eigenvalue weighted by Crippen LogP contribution is 2.21. The third-order valence-corrected chi connectivity index (χ3v) is 4.02. The average Bonchev–Trinajstić information content (AvgIpc) is 2.82. The molecule has 0 spiro atoms. The molecule has 21 heavy (non-hydrogen) atoms. The highest BCUT2D eigenvalue weighted by Gasteiger charge is 2.07. The first kappa shape index (κ1) is 15.7. The van der Waals surface area contributed by atoms with Crippen molar-refractivity contribution in [2.45, 2.75) is 32.7 Å². The molecule has 0 saturated heterocycles. The Hall–Kier alpha value is -1.73. The minimum Gasteiger partial charge on any atom is -0.352 e. The van der Waals surface area contributed by atoms with Gasteiger partial charge in [0.15, 0.2) is 0 Å². The molecule has 1 amide bonds. The molecule has 2 N–H and O–H groups in total. The van der Waals surface area contributed by atoms with Gasteiger partial charge in [-0.05, 0) is 25.8 Å². The number of aromatic nitrogens is 3. The normalized spacial score (nSPS) is 12.0. The number of halogens is 1. The van der Waals surface area contributed by atoms with Crippen molar-refractivity contribution in [1.29, 1.82) is 0 Å². The fraction of sp³-hybridized carbons (Fsp3) is 0.385. The summed E-state index contributed by atoms with van der Waals surface area (Å²) < 4.78 is 0. The number of nitrogens with zero attached hydrogens (tertiary/aromatic N) is 3. The van der Waals surface area contributed by atoms with Gasteiger partial charge in [0.05, 0.1) is 5.02 Å². The third kappa shape index (κ3) is 5.28. The summed E-state index contributed by atoms with van der Waals surface area (Å²) in [7, 11) is 0. The van der Waals surface area contributed by atoms with E-state index < -0.39 is 0 Å². The maximum atomic E-state index is 11.0. The van der Waals surface area contributed by atoms with Crippen molar-refractivity contribution in [2.24, 2.45) is 0 Å². The fourth-order valence-corrected chi connectivity index (χ4v) is 2.81. The lowest BCUT2D eigenvalue weighted by atomic mass is 10.1. The van der Waals surface area contributed by atoms with Gasteiger partial charge >= 0.3 is 0 Å². The molecule has 1 unspecified atom stereocenters. The Balaban J connectivity index is 1.87. The van der Waals surface area contributed by atoms with Gasteiger partial charge in [-0.1, -0.05) is 11.6 Å². The lowest BCUT2D eigenvalue weighted by Crippen LogP contribution is -2.19. The molecule has 2 rings (SSSR count). The number of carbonyl (C=O) groups excluding carboxylic acids is 1. The molecule has 6 nitrogen and oxygen atoms in total. The van der Waals surface area contributed by atoms with Crippen LogP contribution in [-0.2, 0) is 11.2 Å². The molecule has 2 aromatic heterocycles. The predicted octanol–water partition coefficient (Wildman–Crippen LogP) is 2.98. The predicted molar refractivity (Wildman–Crippen MR) is 84.9 cm³/mol. The van der Waals surface area contributed by atoms with Gasteiger partial charge in [0.2, 0.25) is 17.8 Å². The maximum absolute atomic E-state index is 11.0. The van der Waals surface area contributed by atoms with Gasteiger partial charge < -0.3 is 5.32 Å². The highest BCUT2D eigenvalue weighted by atomic mass is 35.5. The molecule has 0 saturated carbocycles. The van der Waals surface area contributed by atoms with Gasteiger partial charge in [-0.2, -0.15) is 4.98 Å². The van der Waals surface area contributed by atoms with Crippen LogP contribution >= 0.6 is 22.9 Å². The summed E-state index contributed by atoms with van der Waals surface area (Å²) in [6.07, 6.45) is 3.24. The van der Waals surface area contributed by atoms with Crippen LogP contribution in [0.15, 0.2) is 17.8 Å². The number of carbonyl (C=O) groups is 1. The Morgan fingerprint density at radius 2 is 2.19 bits per heavy atom. The van der Waals surface area contributed by atoms with E-state index in [-0.39, 0.29) is 17.9 Å². The Morgan fingerprint density at radius 3 is 2.86 bits per heavy atom. The van der Waals surface area contributed by atoms with E-state index in [1.807, 2.05) is 11.4 Å². The largest absolute Gasteiger partial charge is 0.352 e. The van der Waals surface area contributed by atoms with Crippen LogP contribution in [0.5, 0.6) is 0 Å². The molecule has 0 fully saturated rings. The zero-order chi connectivity index (χ0) is 15.2. The summed E-state index contributed by atoms with van der Waals surface area (Å²) in [6.45, 7) is 3.46. The van der Waals surface area contributed by atoms with Crippen LogP contribution in [0.4, 0.5) is 11.9 Å². The van der Waals surface area contributed by atoms with Crippen LogP contribution in [0.25, 0.3) is 0 Å². The first-order valence-corrected chi connectivity index (χ1v) is 7.75. The monoisotopic (exact) mass is 325 g/mol. The van der Waals surface area contributed by atoms with Gasteiger partial charge in [0.1, 0.15) is 6.33 Å². The van der Waals surface area contributed by atoms with Gasteiger partial charge in [0, 0.05) is 23.2 Å². The number of rotatable bonds is 6. The lowest BCUT2D eigenvalue weighted by molar-refractivity contribution is -0.114. The highest BCUT2D eigenvalue weighted by molar-refractivity contribution is 7.10. The van der Waals surface area contributed by atoms with E-state index >= 15 is 0 Å². The van der Waals surface area contributed by atoms with E-state index in [4.69, 9.17) is 11.6 Å². The zero-order valence-electron chi connectivity index (χ0n) is 11.8. The summed E-state index contributed by atoms with van der Waals surface area (Å²) in [5, 5.41) is 8.43. The third-order valence-electron chi connectivity index (χ3n) is 2.68. The summed E-state index contributed by atoms with van der Waals surface area (Å²) in [4.78, 5) is 24.3. The summed E-state index contributed by atoms with van der Waals surface area (Å²) in [5.41, 5.74) is 0. The Bertz CT molecular complexity index is 618. The maximum Gasteiger partial charge on any atom is 0.234 e. The molecular weight excluding hydrogens is 310 g/mol. The number of aryl methyl sites for hydroxylation is 1. The average molecular weight is 326 g/mol. The van der Waals surface area contributed by atoms with Crippen molar-refractivity contribution in [3.63, 3.8) is 0 Å². The van der Waals surface area contributed by atoms with Crippen LogP contribution in [0.1, 0.15) is 25.1 Å². The minimum absolute atomic E-state index is 0.193. The fourth-order valence-electron chi connectivity index (χ4n) is 1.72. The van der Waals surface area contributed by atoms with Crippen LogP contribution < -0.4 is 10.6 Å². The van der Waals surface area contributed by atoms with E-state index in [9.17, 15) is 4.79 Å². The standard InChI is InChI=1S/C13H16ClN5OS/c1-8(3-4-11-5-10(14)6-21-11)17-12-15-7-16-13(19-12)18-9(2)20/h5-8H,3-4H2,1-2H3,(H2,15,16,17,18,19,20). The smallest absolute Gasteiger partial charge is 0.234 e. The van der Waals surface area contributed by atoms with Crippen molar-refractivity contribution >= 4 is 40.7 Å². The molecule has 0 aromatic carbocycles. The number of hydrogen-bond acceptors (Lipinski definition) is 6. The first-order valence-electron chi connectivity index (χ1n) is 6.49. The number of anilines is 2. The molecule has 2 aromatic rings. The topological polar surface area (TPSA) is 79.8 Å². The number of thiophene rings is 1. The molecule has 8 heteroatoms. The first-order chi connectivity index (χ1) is 10.0. The summed E-state index contributed by atoms with van der Waals surface area (Å²) in [6, 6.07) is 2.18. The Morgan fingerprint density at radius 1 is 1.43 bits per heavy atom. The second-order valence-electron chi connectivity index (χ2n) is 4.63. The van der Waals surface area contributed by atoms with Gasteiger partial charge in [-0.15, -0.1) is 11.3 Å². The molecule has 0 bridgehead atoms. The van der Waals surface area contributed by atoms with Crippen molar-refractivity contribution in [3.8, 4) is 0 Å². The minimum atomic E-state index is -0.213. The van der Waals surface area contributed by atoms with E-state index in [1.54, 1.807) is 11.3 Å². The molecule has 0 aliphatic rings. The zero-order valence-corrected chi connectivity index (χ0v) is 13.3. The molecule has 0 aliphatic carbocycles. The molecule has 2 heterocycles. The number of amides is 1. The number of nitrogens with one attached hydrogen (secondary N) is 2. The van der Waals surface area contributed by atoms with Gasteiger partial charge in [-0.3, -0.25) is 10.1 Å². The van der Waals surface area contributed by atoms with Crippen molar-refractivity contribution < 1.29 is 4.79 Å². The van der Waals surface area contributed by atoms with Gasteiger partial charge in [0.25, 0.3) is 0 Å². The molecular formula is C13H16ClN5OS. The Kier molecular flexibility index (Phi) is 5.46. The molecule has 1 atom stereocenters. The van der Waals surface area contributed by atoms with Crippen molar-refractivity contribution in [2.75, 3.05) is 10.6 Å². The van der Waals surface area contributed by atoms with Gasteiger partial charge in [-0.25, -0.2) is 9.97 Å². The van der Waals surface area contributed by atoms with Crippen molar-refractivity contribution in [1.82, 2.24) is 15.0 Å². The van der Waals surface area contributed by atoms with Crippen LogP contribution in [0.3, 0.4) is 0 Å². The van der Waals surface area contributed by atoms with Crippen LogP contribution in [0.2, 0.25) is 5.02 Å². The SMILES string of the molecule is CC(=O)Nc1ncnc(NC(C)CCc2cc(Cl)cs2)n1. The number of hydrogen-bond donors (Lipinski definition) is 2. The second-order valence-corrected chi connectivity index (χ2v) is 6.06. The summed E-state index contributed by atoms with van der Waals surface area (Å²) in [5.74, 6) is 0.484. The van der Waals surface area contributed by atoms with E-state index in [0.29, 0.717) is 5.95 Å². The molecule has 0 radical (unpaired) electrons. The second kappa shape index (κ2) is 7.33. The Labute approximate surface area is 132 Å². The summed E-state index contributed by atoms with van der Waals surface area (Å²) >= 11 is 7.56. The van der Waals surface area contributed by atoms with Crippen LogP contribution in [0, 0.1) is 0 Å². The molecule has 112 valence electrons. The van der Waals surface area contributed by atoms with Crippen LogP contribution in [-0.4, -0.2) is 26.9 Å². The lowest BCUT2D eigenvalue weighted by Gasteiger charge is -2.13. The van der Waals surface area contributed by atoms with E-state index in [0.717, 1.165) is 17.9 Å². The quantitative estimate of drug-likeness (QED) is 0.853. The van der Waals surface area contributed by atoms with Crippen molar-refractivity contribution in [3.05, 3.63) is 27.7 Å².